The first kappa shape index (κ1) is 14.5. The van der Waals surface area contributed by atoms with Crippen molar-refractivity contribution in [3.05, 3.63) is 71.3 Å². The van der Waals surface area contributed by atoms with Crippen LogP contribution in [0, 0.1) is 0 Å². The molecule has 0 radical (unpaired) electrons. The highest BCUT2D eigenvalue weighted by atomic mass is 16.2. The van der Waals surface area contributed by atoms with Crippen LogP contribution in [0.4, 0.5) is 0 Å². The molecule has 0 bridgehead atoms. The number of fused-ring (bicyclic) bond motifs is 1. The molecule has 0 saturated carbocycles. The predicted molar refractivity (Wildman–Crippen MR) is 85.6 cm³/mol. The number of hydrogen-bond donors (Lipinski definition) is 1. The summed E-state index contributed by atoms with van der Waals surface area (Å²) in [7, 11) is 0. The zero-order chi connectivity index (χ0) is 15.4. The van der Waals surface area contributed by atoms with Crippen molar-refractivity contribution in [2.45, 2.75) is 31.7 Å². The number of amides is 1. The maximum atomic E-state index is 12.0. The molecule has 0 unspecified atom stereocenters. The summed E-state index contributed by atoms with van der Waals surface area (Å²) >= 11 is 0. The Morgan fingerprint density at radius 3 is 2.14 bits per heavy atom. The lowest BCUT2D eigenvalue weighted by Gasteiger charge is -2.11. The topological polar surface area (TPSA) is 46.2 Å². The van der Waals surface area contributed by atoms with E-state index < -0.39 is 5.91 Å². The maximum absolute atomic E-state index is 12.0. The molecule has 3 heteroatoms. The molecule has 22 heavy (non-hydrogen) atoms. The van der Waals surface area contributed by atoms with E-state index in [0.29, 0.717) is 6.42 Å². The maximum Gasteiger partial charge on any atom is 0.287 e. The Kier molecular flexibility index (Phi) is 4.33. The minimum Gasteiger partial charge on any atom is -0.346 e. The summed E-state index contributed by atoms with van der Waals surface area (Å²) in [4.78, 5) is 24.0. The number of carbonyl (C=O) groups excluding carboxylic acids is 2. The van der Waals surface area contributed by atoms with Crippen LogP contribution in [0.15, 0.2) is 54.6 Å². The molecule has 3 nitrogen and oxygen atoms in total. The molecule has 0 spiro atoms. The second-order valence-electron chi connectivity index (χ2n) is 5.76. The number of ketones is 1. The van der Waals surface area contributed by atoms with Gasteiger partial charge in [0.1, 0.15) is 0 Å². The van der Waals surface area contributed by atoms with Gasteiger partial charge in [0, 0.05) is 12.5 Å². The Morgan fingerprint density at radius 1 is 0.909 bits per heavy atom. The van der Waals surface area contributed by atoms with Gasteiger partial charge in [-0.1, -0.05) is 54.6 Å². The summed E-state index contributed by atoms with van der Waals surface area (Å²) in [5.74, 6) is -0.784. The van der Waals surface area contributed by atoms with Crippen LogP contribution in [0.25, 0.3) is 0 Å². The molecule has 0 heterocycles. The molecule has 1 N–H and O–H groups in total. The predicted octanol–water partition coefficient (Wildman–Crippen LogP) is 2.47. The van der Waals surface area contributed by atoms with Crippen molar-refractivity contribution in [2.24, 2.45) is 0 Å². The Morgan fingerprint density at radius 2 is 1.50 bits per heavy atom. The van der Waals surface area contributed by atoms with E-state index in [1.807, 2.05) is 42.5 Å². The SMILES string of the molecule is O=C(CCc1ccccc1)C(=O)NC1Cc2ccccc2C1. The highest BCUT2D eigenvalue weighted by Gasteiger charge is 2.24. The standard InChI is InChI=1S/C19H19NO2/c21-18(11-10-14-6-2-1-3-7-14)19(22)20-17-12-15-8-4-5-9-16(15)13-17/h1-9,17H,10-13H2,(H,20,22). The van der Waals surface area contributed by atoms with Crippen LogP contribution in [-0.4, -0.2) is 17.7 Å². The normalized spacial score (nSPS) is 13.6. The highest BCUT2D eigenvalue weighted by molar-refractivity contribution is 6.36. The number of nitrogens with one attached hydrogen (secondary N) is 1. The van der Waals surface area contributed by atoms with Crippen LogP contribution < -0.4 is 5.32 Å². The first-order valence-corrected chi connectivity index (χ1v) is 7.67. The molecule has 0 atom stereocenters. The third-order valence-electron chi connectivity index (χ3n) is 4.12. The van der Waals surface area contributed by atoms with Gasteiger partial charge < -0.3 is 5.32 Å². The quantitative estimate of drug-likeness (QED) is 0.861. The van der Waals surface area contributed by atoms with E-state index in [2.05, 4.69) is 17.4 Å². The average molecular weight is 293 g/mol. The Labute approximate surface area is 130 Å². The smallest absolute Gasteiger partial charge is 0.287 e. The van der Waals surface area contributed by atoms with Crippen LogP contribution in [0.2, 0.25) is 0 Å². The molecule has 0 aliphatic heterocycles. The average Bonchev–Trinajstić information content (AvgIpc) is 2.95. The number of hydrogen-bond acceptors (Lipinski definition) is 2. The highest BCUT2D eigenvalue weighted by Crippen LogP contribution is 2.21. The van der Waals surface area contributed by atoms with Crippen molar-refractivity contribution in [3.63, 3.8) is 0 Å². The monoisotopic (exact) mass is 293 g/mol. The van der Waals surface area contributed by atoms with E-state index in [1.54, 1.807) is 0 Å². The van der Waals surface area contributed by atoms with Gasteiger partial charge in [-0.15, -0.1) is 0 Å². The fraction of sp³-hybridized carbons (Fsp3) is 0.263. The molecule has 0 fully saturated rings. The summed E-state index contributed by atoms with van der Waals surface area (Å²) in [5.41, 5.74) is 3.62. The van der Waals surface area contributed by atoms with Gasteiger partial charge in [0.2, 0.25) is 5.78 Å². The summed E-state index contributed by atoms with van der Waals surface area (Å²) in [6.07, 6.45) is 2.50. The lowest BCUT2D eigenvalue weighted by atomic mass is 10.1. The van der Waals surface area contributed by atoms with Gasteiger partial charge in [0.05, 0.1) is 0 Å². The molecule has 112 valence electrons. The molecule has 3 rings (SSSR count). The van der Waals surface area contributed by atoms with E-state index in [1.165, 1.54) is 11.1 Å². The number of carbonyl (C=O) groups is 2. The van der Waals surface area contributed by atoms with E-state index in [9.17, 15) is 9.59 Å². The molecule has 2 aromatic rings. The van der Waals surface area contributed by atoms with Gasteiger partial charge in [-0.25, -0.2) is 0 Å². The lowest BCUT2D eigenvalue weighted by molar-refractivity contribution is -0.138. The summed E-state index contributed by atoms with van der Waals surface area (Å²) in [6, 6.07) is 18.0. The zero-order valence-corrected chi connectivity index (χ0v) is 12.4. The minimum absolute atomic E-state index is 0.0468. The van der Waals surface area contributed by atoms with E-state index in [4.69, 9.17) is 0 Å². The molecular weight excluding hydrogens is 274 g/mol. The van der Waals surface area contributed by atoms with Gasteiger partial charge in [-0.05, 0) is 36.0 Å². The second-order valence-corrected chi connectivity index (χ2v) is 5.76. The molecule has 1 amide bonds. The van der Waals surface area contributed by atoms with Crippen LogP contribution in [-0.2, 0) is 28.9 Å². The van der Waals surface area contributed by atoms with Crippen molar-refractivity contribution in [1.82, 2.24) is 5.32 Å². The molecule has 1 aliphatic rings. The number of Topliss-reactive ketones (excluding diaryl/α,β-unsaturated/α-hetero) is 1. The first-order chi connectivity index (χ1) is 10.7. The molecule has 1 aliphatic carbocycles. The third-order valence-corrected chi connectivity index (χ3v) is 4.12. The molecule has 0 aromatic heterocycles. The van der Waals surface area contributed by atoms with Gasteiger partial charge >= 0.3 is 0 Å². The largest absolute Gasteiger partial charge is 0.346 e. The number of benzene rings is 2. The van der Waals surface area contributed by atoms with E-state index >= 15 is 0 Å². The summed E-state index contributed by atoms with van der Waals surface area (Å²) in [5, 5.41) is 2.87. The van der Waals surface area contributed by atoms with Gasteiger partial charge in [0.15, 0.2) is 0 Å². The van der Waals surface area contributed by atoms with Crippen LogP contribution in [0.1, 0.15) is 23.1 Å². The summed E-state index contributed by atoms with van der Waals surface area (Å²) < 4.78 is 0. The van der Waals surface area contributed by atoms with Crippen molar-refractivity contribution >= 4 is 11.7 Å². The van der Waals surface area contributed by atoms with Crippen molar-refractivity contribution in [3.8, 4) is 0 Å². The molecule has 0 saturated heterocycles. The van der Waals surface area contributed by atoms with E-state index in [-0.39, 0.29) is 18.2 Å². The lowest BCUT2D eigenvalue weighted by Crippen LogP contribution is -2.39. The fourth-order valence-corrected chi connectivity index (χ4v) is 2.94. The Balaban J connectivity index is 1.49. The Bertz CT molecular complexity index is 654. The molecule has 2 aromatic carbocycles. The van der Waals surface area contributed by atoms with Crippen LogP contribution in [0.5, 0.6) is 0 Å². The fourth-order valence-electron chi connectivity index (χ4n) is 2.94. The van der Waals surface area contributed by atoms with Crippen molar-refractivity contribution in [1.29, 1.82) is 0 Å². The van der Waals surface area contributed by atoms with E-state index in [0.717, 1.165) is 18.4 Å². The Hall–Kier alpha value is -2.42. The van der Waals surface area contributed by atoms with Gasteiger partial charge in [-0.3, -0.25) is 9.59 Å². The van der Waals surface area contributed by atoms with Crippen molar-refractivity contribution in [2.75, 3.05) is 0 Å². The van der Waals surface area contributed by atoms with Crippen molar-refractivity contribution < 1.29 is 9.59 Å². The molecular formula is C19H19NO2. The third kappa shape index (κ3) is 3.42. The number of rotatable bonds is 5. The van der Waals surface area contributed by atoms with Crippen LogP contribution in [0.3, 0.4) is 0 Å². The minimum atomic E-state index is -0.450. The summed E-state index contributed by atoms with van der Waals surface area (Å²) in [6.45, 7) is 0. The zero-order valence-electron chi connectivity index (χ0n) is 12.4. The van der Waals surface area contributed by atoms with Crippen LogP contribution >= 0.6 is 0 Å². The first-order valence-electron chi connectivity index (χ1n) is 7.67. The van der Waals surface area contributed by atoms with Gasteiger partial charge in [-0.2, -0.15) is 0 Å². The van der Waals surface area contributed by atoms with Gasteiger partial charge in [0.25, 0.3) is 5.91 Å². The second kappa shape index (κ2) is 6.56. The number of aryl methyl sites for hydroxylation is 1.